The average molecular weight is 539 g/mol. The van der Waals surface area contributed by atoms with Gasteiger partial charge in [0.15, 0.2) is 0 Å². The Morgan fingerprint density at radius 1 is 0.949 bits per heavy atom. The van der Waals surface area contributed by atoms with E-state index in [2.05, 4.69) is 40.6 Å². The van der Waals surface area contributed by atoms with Gasteiger partial charge in [0.25, 0.3) is 5.91 Å². The number of anilines is 1. The number of aromatic nitrogens is 1. The summed E-state index contributed by atoms with van der Waals surface area (Å²) in [5, 5.41) is 0. The van der Waals surface area contributed by atoms with Crippen molar-refractivity contribution in [3.05, 3.63) is 59.7 Å². The van der Waals surface area contributed by atoms with Crippen LogP contribution in [-0.4, -0.2) is 109 Å². The van der Waals surface area contributed by atoms with Gasteiger partial charge in [-0.1, -0.05) is 13.8 Å². The molecule has 1 aromatic heterocycles. The van der Waals surface area contributed by atoms with Crippen LogP contribution in [0.1, 0.15) is 42.6 Å². The first-order chi connectivity index (χ1) is 18.8. The van der Waals surface area contributed by atoms with Gasteiger partial charge in [-0.05, 0) is 74.8 Å². The summed E-state index contributed by atoms with van der Waals surface area (Å²) in [4.78, 5) is 42.0. The molecule has 0 radical (unpaired) electrons. The molecule has 1 aromatic carbocycles. The summed E-state index contributed by atoms with van der Waals surface area (Å²) in [7, 11) is 2.10. The fraction of sp³-hybridized carbons (Fsp3) is 0.567. The molecule has 0 saturated carbocycles. The number of carbonyl (C=O) groups excluding carboxylic acids is 2. The third-order valence-corrected chi connectivity index (χ3v) is 7.54. The van der Waals surface area contributed by atoms with Crippen molar-refractivity contribution in [2.45, 2.75) is 33.2 Å². The van der Waals surface area contributed by atoms with Crippen LogP contribution in [0, 0.1) is 11.7 Å². The number of hydrogen-bond donors (Lipinski definition) is 0. The lowest BCUT2D eigenvalue weighted by molar-refractivity contribution is -0.133. The van der Waals surface area contributed by atoms with Crippen LogP contribution in [0.5, 0.6) is 0 Å². The highest BCUT2D eigenvalue weighted by Gasteiger charge is 2.26. The second-order valence-corrected chi connectivity index (χ2v) is 11.3. The lowest BCUT2D eigenvalue weighted by Crippen LogP contribution is -2.49. The largest absolute Gasteiger partial charge is 0.337 e. The topological polar surface area (TPSA) is 63.2 Å². The molecule has 3 heterocycles. The number of halogens is 1. The SMILES string of the molecule is CC(C)CN1CCCN(C(=O)CN2CCN(C)CC2)Cc2cc(F)ccc2N(C(=O)c2cccnc2)CCC1. The second kappa shape index (κ2) is 14.0. The third-order valence-electron chi connectivity index (χ3n) is 7.54. The number of pyridine rings is 1. The minimum atomic E-state index is -0.371. The molecule has 0 N–H and O–H groups in total. The highest BCUT2D eigenvalue weighted by molar-refractivity contribution is 6.06. The first-order valence-corrected chi connectivity index (χ1v) is 14.2. The lowest BCUT2D eigenvalue weighted by Gasteiger charge is -2.35. The summed E-state index contributed by atoms with van der Waals surface area (Å²) in [5.41, 5.74) is 1.79. The van der Waals surface area contributed by atoms with Gasteiger partial charge in [0.05, 0.1) is 12.1 Å². The minimum absolute atomic E-state index is 0.0485. The Bertz CT molecular complexity index is 1090. The Morgan fingerprint density at radius 3 is 2.38 bits per heavy atom. The van der Waals surface area contributed by atoms with E-state index in [1.165, 1.54) is 12.1 Å². The number of rotatable bonds is 5. The van der Waals surface area contributed by atoms with Gasteiger partial charge in [-0.2, -0.15) is 0 Å². The Morgan fingerprint density at radius 2 is 1.69 bits per heavy atom. The molecular weight excluding hydrogens is 495 g/mol. The number of piperazine rings is 1. The van der Waals surface area contributed by atoms with Crippen LogP contribution in [-0.2, 0) is 11.3 Å². The van der Waals surface area contributed by atoms with E-state index in [0.717, 1.165) is 58.7 Å². The molecule has 0 atom stereocenters. The molecule has 39 heavy (non-hydrogen) atoms. The molecule has 2 aromatic rings. The predicted octanol–water partition coefficient (Wildman–Crippen LogP) is 3.20. The van der Waals surface area contributed by atoms with Gasteiger partial charge in [0.2, 0.25) is 5.91 Å². The highest BCUT2D eigenvalue weighted by atomic mass is 19.1. The van der Waals surface area contributed by atoms with Crippen molar-refractivity contribution in [2.75, 3.05) is 77.4 Å². The monoisotopic (exact) mass is 538 g/mol. The van der Waals surface area contributed by atoms with Crippen LogP contribution < -0.4 is 4.90 Å². The summed E-state index contributed by atoms with van der Waals surface area (Å²) in [5.74, 6) is 0.0278. The minimum Gasteiger partial charge on any atom is -0.337 e. The molecule has 9 heteroatoms. The van der Waals surface area contributed by atoms with Crippen molar-refractivity contribution in [3.63, 3.8) is 0 Å². The van der Waals surface area contributed by atoms with Gasteiger partial charge in [-0.25, -0.2) is 4.39 Å². The summed E-state index contributed by atoms with van der Waals surface area (Å²) >= 11 is 0. The Labute approximate surface area is 232 Å². The first-order valence-electron chi connectivity index (χ1n) is 14.2. The molecule has 0 aliphatic carbocycles. The lowest BCUT2D eigenvalue weighted by atomic mass is 10.1. The molecule has 1 fully saturated rings. The zero-order valence-electron chi connectivity index (χ0n) is 23.7. The summed E-state index contributed by atoms with van der Waals surface area (Å²) in [6.45, 7) is 12.4. The number of likely N-dealkylation sites (N-methyl/N-ethyl adjacent to an activating group) is 1. The molecule has 2 amide bonds. The van der Waals surface area contributed by atoms with Crippen molar-refractivity contribution in [1.29, 1.82) is 0 Å². The predicted molar refractivity (Wildman–Crippen MR) is 152 cm³/mol. The molecule has 8 nitrogen and oxygen atoms in total. The van der Waals surface area contributed by atoms with Crippen LogP contribution in [0.15, 0.2) is 42.7 Å². The van der Waals surface area contributed by atoms with Crippen molar-refractivity contribution in [2.24, 2.45) is 5.92 Å². The molecule has 2 aliphatic heterocycles. The second-order valence-electron chi connectivity index (χ2n) is 11.3. The van der Waals surface area contributed by atoms with Crippen molar-refractivity contribution in [3.8, 4) is 0 Å². The van der Waals surface area contributed by atoms with Gasteiger partial charge in [0, 0.05) is 70.4 Å². The molecule has 0 bridgehead atoms. The van der Waals surface area contributed by atoms with Gasteiger partial charge in [-0.3, -0.25) is 19.5 Å². The maximum atomic E-state index is 14.6. The standard InChI is InChI=1S/C30H43FN6O2/c1-24(2)21-34-11-5-13-36(29(38)23-35-17-15-33(3)16-18-35)22-26-19-27(31)8-9-28(26)37(14-6-12-34)30(39)25-7-4-10-32-20-25/h4,7-10,19-20,24H,5-6,11-18,21-23H2,1-3H3. The zero-order chi connectivity index (χ0) is 27.8. The maximum absolute atomic E-state index is 14.6. The van der Waals surface area contributed by atoms with Crippen molar-refractivity contribution in [1.82, 2.24) is 24.6 Å². The number of fused-ring (bicyclic) bond motifs is 1. The number of benzene rings is 1. The molecule has 2 aliphatic rings. The van der Waals surface area contributed by atoms with E-state index in [1.807, 2.05) is 4.90 Å². The Hall–Kier alpha value is -2.88. The fourth-order valence-electron chi connectivity index (χ4n) is 5.46. The molecule has 0 spiro atoms. The van der Waals surface area contributed by atoms with E-state index in [0.29, 0.717) is 42.4 Å². The molecule has 4 rings (SSSR count). The van der Waals surface area contributed by atoms with E-state index in [1.54, 1.807) is 35.5 Å². The van der Waals surface area contributed by atoms with Gasteiger partial charge in [-0.15, -0.1) is 0 Å². The summed E-state index contributed by atoms with van der Waals surface area (Å²) in [6.07, 6.45) is 4.86. The van der Waals surface area contributed by atoms with Crippen LogP contribution in [0.4, 0.5) is 10.1 Å². The van der Waals surface area contributed by atoms with E-state index in [-0.39, 0.29) is 24.2 Å². The van der Waals surface area contributed by atoms with Crippen LogP contribution in [0.3, 0.4) is 0 Å². The summed E-state index contributed by atoms with van der Waals surface area (Å²) < 4.78 is 14.6. The number of nitrogens with zero attached hydrogens (tertiary/aromatic N) is 6. The molecule has 0 unspecified atom stereocenters. The first kappa shape index (κ1) is 29.1. The van der Waals surface area contributed by atoms with E-state index in [9.17, 15) is 14.0 Å². The summed E-state index contributed by atoms with van der Waals surface area (Å²) in [6, 6.07) is 8.06. The Balaban J connectivity index is 1.64. The molecule has 1 saturated heterocycles. The van der Waals surface area contributed by atoms with E-state index < -0.39 is 0 Å². The van der Waals surface area contributed by atoms with Crippen molar-refractivity contribution >= 4 is 17.5 Å². The number of hydrogen-bond acceptors (Lipinski definition) is 6. The average Bonchev–Trinajstić information content (AvgIpc) is 2.91. The fourth-order valence-corrected chi connectivity index (χ4v) is 5.46. The van der Waals surface area contributed by atoms with Crippen LogP contribution in [0.25, 0.3) is 0 Å². The number of amides is 2. The molecular formula is C30H43FN6O2. The van der Waals surface area contributed by atoms with Gasteiger partial charge >= 0.3 is 0 Å². The normalized spacial score (nSPS) is 18.9. The zero-order valence-corrected chi connectivity index (χ0v) is 23.7. The third kappa shape index (κ3) is 8.30. The van der Waals surface area contributed by atoms with E-state index >= 15 is 0 Å². The van der Waals surface area contributed by atoms with E-state index in [4.69, 9.17) is 0 Å². The van der Waals surface area contributed by atoms with Gasteiger partial charge < -0.3 is 19.6 Å². The quantitative estimate of drug-likeness (QED) is 0.583. The Kier molecular flexibility index (Phi) is 10.4. The maximum Gasteiger partial charge on any atom is 0.259 e. The van der Waals surface area contributed by atoms with Gasteiger partial charge in [0.1, 0.15) is 5.82 Å². The van der Waals surface area contributed by atoms with Crippen LogP contribution in [0.2, 0.25) is 0 Å². The smallest absolute Gasteiger partial charge is 0.259 e. The molecule has 212 valence electrons. The highest BCUT2D eigenvalue weighted by Crippen LogP contribution is 2.26. The van der Waals surface area contributed by atoms with Crippen molar-refractivity contribution < 1.29 is 14.0 Å². The van der Waals surface area contributed by atoms with Crippen LogP contribution >= 0.6 is 0 Å². The number of carbonyl (C=O) groups is 2.